The number of carbonyl (C=O) groups excluding carboxylic acids is 4. The monoisotopic (exact) mass is 381 g/mol. The molecule has 0 aliphatic rings. The number of nitrogens with zero attached hydrogens (tertiary/aromatic N) is 1. The zero-order valence-electron chi connectivity index (χ0n) is 16.1. The Morgan fingerprint density at radius 1 is 0.786 bits per heavy atom. The molecule has 0 aliphatic heterocycles. The van der Waals surface area contributed by atoms with E-state index in [4.69, 9.17) is 0 Å². The normalized spacial score (nSPS) is 10.1. The van der Waals surface area contributed by atoms with Crippen LogP contribution in [0.4, 0.5) is 17.1 Å². The number of benzene rings is 2. The standard InChI is InChI=1S/C21H23N3O4/c1-14(25)17-4-10-20(11-5-17)24(16(3)27)13-12-21(28)23-19-8-6-18(7-9-19)22-15(2)26/h4-11H,12-13H2,1-3H3,(H,22,26)(H,23,28). The molecule has 0 saturated carbocycles. The highest BCUT2D eigenvalue weighted by Gasteiger charge is 2.14. The van der Waals surface area contributed by atoms with E-state index in [1.807, 2.05) is 0 Å². The lowest BCUT2D eigenvalue weighted by Crippen LogP contribution is -2.32. The molecule has 2 N–H and O–H groups in total. The van der Waals surface area contributed by atoms with Crippen molar-refractivity contribution in [3.63, 3.8) is 0 Å². The van der Waals surface area contributed by atoms with E-state index in [1.54, 1.807) is 48.5 Å². The first-order valence-corrected chi connectivity index (χ1v) is 8.83. The van der Waals surface area contributed by atoms with Crippen LogP contribution in [-0.4, -0.2) is 30.0 Å². The predicted molar refractivity (Wildman–Crippen MR) is 108 cm³/mol. The summed E-state index contributed by atoms with van der Waals surface area (Å²) in [5.74, 6) is -0.649. The fourth-order valence-electron chi connectivity index (χ4n) is 2.62. The second kappa shape index (κ2) is 9.45. The van der Waals surface area contributed by atoms with E-state index in [2.05, 4.69) is 10.6 Å². The van der Waals surface area contributed by atoms with Gasteiger partial charge in [-0.3, -0.25) is 19.2 Å². The van der Waals surface area contributed by atoms with E-state index in [9.17, 15) is 19.2 Å². The summed E-state index contributed by atoms with van der Waals surface area (Å²) in [5, 5.41) is 5.41. The molecule has 0 spiro atoms. The molecule has 3 amide bonds. The van der Waals surface area contributed by atoms with Crippen LogP contribution in [0.5, 0.6) is 0 Å². The number of Topliss-reactive ketones (excluding diaryl/α,β-unsaturated/α-hetero) is 1. The van der Waals surface area contributed by atoms with Gasteiger partial charge in [-0.25, -0.2) is 0 Å². The Kier molecular flexibility index (Phi) is 7.03. The van der Waals surface area contributed by atoms with E-state index in [-0.39, 0.29) is 36.5 Å². The number of hydrogen-bond donors (Lipinski definition) is 2. The van der Waals surface area contributed by atoms with E-state index < -0.39 is 0 Å². The Morgan fingerprint density at radius 2 is 1.32 bits per heavy atom. The second-order valence-corrected chi connectivity index (χ2v) is 6.33. The number of carbonyl (C=O) groups is 4. The van der Waals surface area contributed by atoms with Gasteiger partial charge >= 0.3 is 0 Å². The van der Waals surface area contributed by atoms with Gasteiger partial charge in [-0.2, -0.15) is 0 Å². The van der Waals surface area contributed by atoms with E-state index >= 15 is 0 Å². The Labute approximate surface area is 163 Å². The first kappa shape index (κ1) is 20.8. The van der Waals surface area contributed by atoms with Crippen LogP contribution in [0.25, 0.3) is 0 Å². The van der Waals surface area contributed by atoms with Crippen molar-refractivity contribution in [1.82, 2.24) is 0 Å². The lowest BCUT2D eigenvalue weighted by molar-refractivity contribution is -0.117. The summed E-state index contributed by atoms with van der Waals surface area (Å²) < 4.78 is 0. The molecule has 0 aromatic heterocycles. The van der Waals surface area contributed by atoms with Crippen LogP contribution < -0.4 is 15.5 Å². The minimum Gasteiger partial charge on any atom is -0.326 e. The molecule has 0 atom stereocenters. The molecule has 0 bridgehead atoms. The van der Waals surface area contributed by atoms with Crippen LogP contribution in [0.1, 0.15) is 37.6 Å². The Hall–Kier alpha value is -3.48. The first-order chi connectivity index (χ1) is 13.3. The molecule has 2 aromatic carbocycles. The van der Waals surface area contributed by atoms with Gasteiger partial charge in [0.15, 0.2) is 5.78 Å². The number of hydrogen-bond acceptors (Lipinski definition) is 4. The SMILES string of the molecule is CC(=O)Nc1ccc(NC(=O)CCN(C(C)=O)c2ccc(C(C)=O)cc2)cc1. The third kappa shape index (κ3) is 6.05. The Bertz CT molecular complexity index is 874. The van der Waals surface area contributed by atoms with Crippen molar-refractivity contribution in [2.24, 2.45) is 0 Å². The molecule has 2 rings (SSSR count). The molecule has 0 saturated heterocycles. The first-order valence-electron chi connectivity index (χ1n) is 8.83. The third-order valence-corrected chi connectivity index (χ3v) is 4.02. The molecule has 0 fully saturated rings. The van der Waals surface area contributed by atoms with Crippen molar-refractivity contribution >= 4 is 40.6 Å². The Balaban J connectivity index is 1.95. The summed E-state index contributed by atoms with van der Waals surface area (Å²) in [6.07, 6.45) is 0.113. The fraction of sp³-hybridized carbons (Fsp3) is 0.238. The summed E-state index contributed by atoms with van der Waals surface area (Å²) in [6, 6.07) is 13.5. The molecule has 0 unspecified atom stereocenters. The number of amides is 3. The van der Waals surface area contributed by atoms with Crippen LogP contribution in [0.3, 0.4) is 0 Å². The topological polar surface area (TPSA) is 95.6 Å². The molecule has 7 heteroatoms. The highest BCUT2D eigenvalue weighted by Crippen LogP contribution is 2.17. The average molecular weight is 381 g/mol. The van der Waals surface area contributed by atoms with Crippen molar-refractivity contribution in [2.75, 3.05) is 22.1 Å². The maximum absolute atomic E-state index is 12.2. The van der Waals surface area contributed by atoms with Gasteiger partial charge in [0.2, 0.25) is 17.7 Å². The van der Waals surface area contributed by atoms with Gasteiger partial charge in [0.05, 0.1) is 0 Å². The predicted octanol–water partition coefficient (Wildman–Crippen LogP) is 3.23. The molecule has 2 aromatic rings. The molecule has 7 nitrogen and oxygen atoms in total. The summed E-state index contributed by atoms with van der Waals surface area (Å²) in [6.45, 7) is 4.54. The van der Waals surface area contributed by atoms with Crippen molar-refractivity contribution in [3.05, 3.63) is 54.1 Å². The van der Waals surface area contributed by atoms with Gasteiger partial charge in [-0.1, -0.05) is 0 Å². The van der Waals surface area contributed by atoms with Crippen molar-refractivity contribution in [1.29, 1.82) is 0 Å². The van der Waals surface area contributed by atoms with Crippen molar-refractivity contribution in [3.8, 4) is 0 Å². The Morgan fingerprint density at radius 3 is 1.79 bits per heavy atom. The molecule has 146 valence electrons. The van der Waals surface area contributed by atoms with E-state index in [0.29, 0.717) is 22.6 Å². The number of ketones is 1. The zero-order valence-corrected chi connectivity index (χ0v) is 16.1. The maximum atomic E-state index is 12.2. The van der Waals surface area contributed by atoms with Crippen LogP contribution in [0.15, 0.2) is 48.5 Å². The van der Waals surface area contributed by atoms with E-state index in [1.165, 1.54) is 25.7 Å². The zero-order chi connectivity index (χ0) is 20.7. The van der Waals surface area contributed by atoms with E-state index in [0.717, 1.165) is 0 Å². The highest BCUT2D eigenvalue weighted by atomic mass is 16.2. The molecule has 28 heavy (non-hydrogen) atoms. The summed E-state index contributed by atoms with van der Waals surface area (Å²) in [5.41, 5.74) is 2.43. The lowest BCUT2D eigenvalue weighted by atomic mass is 10.1. The molecule has 0 heterocycles. The minimum absolute atomic E-state index is 0.0511. The quantitative estimate of drug-likeness (QED) is 0.720. The summed E-state index contributed by atoms with van der Waals surface area (Å²) in [7, 11) is 0. The number of nitrogens with one attached hydrogen (secondary N) is 2. The highest BCUT2D eigenvalue weighted by molar-refractivity contribution is 5.97. The van der Waals surface area contributed by atoms with Crippen LogP contribution in [-0.2, 0) is 14.4 Å². The smallest absolute Gasteiger partial charge is 0.226 e. The second-order valence-electron chi connectivity index (χ2n) is 6.33. The lowest BCUT2D eigenvalue weighted by Gasteiger charge is -2.21. The third-order valence-electron chi connectivity index (χ3n) is 4.02. The van der Waals surface area contributed by atoms with Crippen LogP contribution in [0.2, 0.25) is 0 Å². The van der Waals surface area contributed by atoms with Gasteiger partial charge in [0.25, 0.3) is 0 Å². The van der Waals surface area contributed by atoms with Gasteiger partial charge in [-0.05, 0) is 55.5 Å². The number of rotatable bonds is 7. The van der Waals surface area contributed by atoms with Crippen molar-refractivity contribution in [2.45, 2.75) is 27.2 Å². The summed E-state index contributed by atoms with van der Waals surface area (Å²) in [4.78, 5) is 48.0. The van der Waals surface area contributed by atoms with Crippen LogP contribution >= 0.6 is 0 Å². The maximum Gasteiger partial charge on any atom is 0.226 e. The van der Waals surface area contributed by atoms with Gasteiger partial charge < -0.3 is 15.5 Å². The van der Waals surface area contributed by atoms with Crippen molar-refractivity contribution < 1.29 is 19.2 Å². The fourth-order valence-corrected chi connectivity index (χ4v) is 2.62. The van der Waals surface area contributed by atoms with Gasteiger partial charge in [-0.15, -0.1) is 0 Å². The molecule has 0 aliphatic carbocycles. The number of anilines is 3. The minimum atomic E-state index is -0.237. The summed E-state index contributed by atoms with van der Waals surface area (Å²) >= 11 is 0. The van der Waals surface area contributed by atoms with Crippen LogP contribution in [0, 0.1) is 0 Å². The molecular weight excluding hydrogens is 358 g/mol. The van der Waals surface area contributed by atoms with Gasteiger partial charge in [0.1, 0.15) is 0 Å². The largest absolute Gasteiger partial charge is 0.326 e. The molecular formula is C21H23N3O4. The average Bonchev–Trinajstić information content (AvgIpc) is 2.63. The molecule has 0 radical (unpaired) electrons. The van der Waals surface area contributed by atoms with Gasteiger partial charge in [0, 0.05) is 49.4 Å².